The van der Waals surface area contributed by atoms with Gasteiger partial charge in [0.05, 0.1) is 15.6 Å². The maximum atomic E-state index is 12.1. The smallest absolute Gasteiger partial charge is 0.261 e. The highest BCUT2D eigenvalue weighted by Crippen LogP contribution is 2.27. The molecule has 0 aliphatic rings. The van der Waals surface area contributed by atoms with Crippen LogP contribution >= 0.6 is 34.8 Å². The lowest BCUT2D eigenvalue weighted by atomic mass is 10.3. The van der Waals surface area contributed by atoms with Crippen LogP contribution in [-0.4, -0.2) is 8.42 Å². The first kappa shape index (κ1) is 14.5. The monoisotopic (exact) mass is 335 g/mol. The van der Waals surface area contributed by atoms with Crippen molar-refractivity contribution in [3.05, 3.63) is 57.5 Å². The Bertz CT molecular complexity index is 699. The van der Waals surface area contributed by atoms with Gasteiger partial charge in [-0.25, -0.2) is 8.42 Å². The van der Waals surface area contributed by atoms with Crippen LogP contribution < -0.4 is 4.72 Å². The minimum atomic E-state index is -3.70. The highest BCUT2D eigenvalue weighted by atomic mass is 35.5. The van der Waals surface area contributed by atoms with Crippen LogP contribution in [0, 0.1) is 0 Å². The number of anilines is 1. The third kappa shape index (κ3) is 3.54. The SMILES string of the molecule is O=S(=O)(Nc1ccc(Cl)cc1Cl)c1ccc(Cl)cc1. The Morgan fingerprint density at radius 3 is 2.00 bits per heavy atom. The molecule has 0 aliphatic heterocycles. The van der Waals surface area contributed by atoms with E-state index in [0.717, 1.165) is 0 Å². The van der Waals surface area contributed by atoms with Crippen LogP contribution in [0.4, 0.5) is 5.69 Å². The predicted octanol–water partition coefficient (Wildman–Crippen LogP) is 4.45. The van der Waals surface area contributed by atoms with E-state index in [1.807, 2.05) is 0 Å². The average molecular weight is 337 g/mol. The van der Waals surface area contributed by atoms with Gasteiger partial charge >= 0.3 is 0 Å². The molecule has 1 N–H and O–H groups in total. The molecule has 100 valence electrons. The van der Waals surface area contributed by atoms with Crippen LogP contribution in [0.25, 0.3) is 0 Å². The second-order valence-electron chi connectivity index (χ2n) is 3.68. The predicted molar refractivity (Wildman–Crippen MR) is 78.7 cm³/mol. The zero-order chi connectivity index (χ0) is 14.0. The summed E-state index contributed by atoms with van der Waals surface area (Å²) in [5, 5.41) is 1.12. The van der Waals surface area contributed by atoms with Gasteiger partial charge in [-0.2, -0.15) is 0 Å². The first-order valence-electron chi connectivity index (χ1n) is 5.12. The molecule has 0 atom stereocenters. The van der Waals surface area contributed by atoms with Crippen molar-refractivity contribution in [3.63, 3.8) is 0 Å². The molecule has 0 saturated heterocycles. The largest absolute Gasteiger partial charge is 0.278 e. The summed E-state index contributed by atoms with van der Waals surface area (Å²) >= 11 is 17.4. The molecule has 3 nitrogen and oxygen atoms in total. The number of hydrogen-bond donors (Lipinski definition) is 1. The van der Waals surface area contributed by atoms with Crippen molar-refractivity contribution >= 4 is 50.5 Å². The molecule has 7 heteroatoms. The summed E-state index contributed by atoms with van der Waals surface area (Å²) in [6.45, 7) is 0. The van der Waals surface area contributed by atoms with E-state index in [9.17, 15) is 8.42 Å². The minimum Gasteiger partial charge on any atom is -0.278 e. The summed E-state index contributed by atoms with van der Waals surface area (Å²) in [4.78, 5) is 0.0999. The van der Waals surface area contributed by atoms with E-state index in [-0.39, 0.29) is 15.6 Å². The first-order valence-corrected chi connectivity index (χ1v) is 7.73. The molecule has 0 bridgehead atoms. The van der Waals surface area contributed by atoms with E-state index in [4.69, 9.17) is 34.8 Å². The van der Waals surface area contributed by atoms with Crippen LogP contribution in [-0.2, 0) is 10.0 Å². The number of nitrogens with one attached hydrogen (secondary N) is 1. The lowest BCUT2D eigenvalue weighted by Gasteiger charge is -2.09. The number of sulfonamides is 1. The van der Waals surface area contributed by atoms with E-state index in [0.29, 0.717) is 10.0 Å². The van der Waals surface area contributed by atoms with Crippen molar-refractivity contribution in [3.8, 4) is 0 Å². The molecular weight excluding hydrogens is 329 g/mol. The van der Waals surface area contributed by atoms with Crippen molar-refractivity contribution in [1.82, 2.24) is 0 Å². The molecule has 2 aromatic carbocycles. The fraction of sp³-hybridized carbons (Fsp3) is 0. The Morgan fingerprint density at radius 2 is 1.42 bits per heavy atom. The highest BCUT2D eigenvalue weighted by molar-refractivity contribution is 7.92. The molecule has 0 heterocycles. The molecule has 2 aromatic rings. The normalized spacial score (nSPS) is 11.3. The molecule has 0 fully saturated rings. The Morgan fingerprint density at radius 1 is 0.842 bits per heavy atom. The summed E-state index contributed by atoms with van der Waals surface area (Å²) in [7, 11) is -3.70. The molecule has 19 heavy (non-hydrogen) atoms. The number of halogens is 3. The molecule has 0 spiro atoms. The lowest BCUT2D eigenvalue weighted by molar-refractivity contribution is 0.601. The maximum Gasteiger partial charge on any atom is 0.261 e. The highest BCUT2D eigenvalue weighted by Gasteiger charge is 2.15. The van der Waals surface area contributed by atoms with Crippen molar-refractivity contribution in [1.29, 1.82) is 0 Å². The Hall–Kier alpha value is -0.940. The zero-order valence-corrected chi connectivity index (χ0v) is 12.5. The first-order chi connectivity index (χ1) is 8.88. The molecule has 0 aliphatic carbocycles. The number of hydrogen-bond acceptors (Lipinski definition) is 2. The van der Waals surface area contributed by atoms with Gasteiger partial charge in [0.15, 0.2) is 0 Å². The van der Waals surface area contributed by atoms with E-state index in [1.54, 1.807) is 6.07 Å². The van der Waals surface area contributed by atoms with E-state index in [2.05, 4.69) is 4.72 Å². The standard InChI is InChI=1S/C12H8Cl3NO2S/c13-8-1-4-10(5-2-8)19(17,18)16-12-6-3-9(14)7-11(12)15/h1-7,16H. The van der Waals surface area contributed by atoms with Gasteiger partial charge in [0.2, 0.25) is 0 Å². The average Bonchev–Trinajstić information content (AvgIpc) is 2.33. The van der Waals surface area contributed by atoms with Crippen molar-refractivity contribution in [2.45, 2.75) is 4.90 Å². The van der Waals surface area contributed by atoms with Crippen LogP contribution in [0.1, 0.15) is 0 Å². The minimum absolute atomic E-state index is 0.0999. The van der Waals surface area contributed by atoms with Gasteiger partial charge in [-0.15, -0.1) is 0 Å². The molecule has 0 saturated carbocycles. The molecule has 0 radical (unpaired) electrons. The van der Waals surface area contributed by atoms with E-state index >= 15 is 0 Å². The fourth-order valence-corrected chi connectivity index (χ4v) is 3.11. The van der Waals surface area contributed by atoms with Gasteiger partial charge in [-0.05, 0) is 42.5 Å². The van der Waals surface area contributed by atoms with Crippen molar-refractivity contribution < 1.29 is 8.42 Å². The van der Waals surface area contributed by atoms with Crippen LogP contribution in [0.2, 0.25) is 15.1 Å². The van der Waals surface area contributed by atoms with Gasteiger partial charge in [0, 0.05) is 10.0 Å². The van der Waals surface area contributed by atoms with Gasteiger partial charge in [-0.1, -0.05) is 34.8 Å². The Kier molecular flexibility index (Phi) is 4.26. The second-order valence-corrected chi connectivity index (χ2v) is 6.65. The molecule has 0 unspecified atom stereocenters. The van der Waals surface area contributed by atoms with Crippen LogP contribution in [0.5, 0.6) is 0 Å². The van der Waals surface area contributed by atoms with Crippen LogP contribution in [0.3, 0.4) is 0 Å². The summed E-state index contributed by atoms with van der Waals surface area (Å²) in [5.41, 5.74) is 0.265. The summed E-state index contributed by atoms with van der Waals surface area (Å²) < 4.78 is 26.6. The van der Waals surface area contributed by atoms with E-state index in [1.165, 1.54) is 36.4 Å². The maximum absolute atomic E-state index is 12.1. The lowest BCUT2D eigenvalue weighted by Crippen LogP contribution is -2.13. The molecule has 2 rings (SSSR count). The third-order valence-electron chi connectivity index (χ3n) is 2.30. The van der Waals surface area contributed by atoms with Gasteiger partial charge in [0.1, 0.15) is 0 Å². The zero-order valence-electron chi connectivity index (χ0n) is 9.40. The summed E-state index contributed by atoms with van der Waals surface area (Å²) in [6, 6.07) is 10.3. The summed E-state index contributed by atoms with van der Waals surface area (Å²) in [5.74, 6) is 0. The van der Waals surface area contributed by atoms with Crippen LogP contribution in [0.15, 0.2) is 47.4 Å². The van der Waals surface area contributed by atoms with E-state index < -0.39 is 10.0 Å². The Balaban J connectivity index is 2.33. The quantitative estimate of drug-likeness (QED) is 0.900. The van der Waals surface area contributed by atoms with Gasteiger partial charge in [0.25, 0.3) is 10.0 Å². The number of rotatable bonds is 3. The topological polar surface area (TPSA) is 46.2 Å². The van der Waals surface area contributed by atoms with Gasteiger partial charge < -0.3 is 0 Å². The third-order valence-corrected chi connectivity index (χ3v) is 4.48. The molecular formula is C12H8Cl3NO2S. The second kappa shape index (κ2) is 5.59. The van der Waals surface area contributed by atoms with Crippen molar-refractivity contribution in [2.24, 2.45) is 0 Å². The van der Waals surface area contributed by atoms with Crippen molar-refractivity contribution in [2.75, 3.05) is 4.72 Å². The fourth-order valence-electron chi connectivity index (χ4n) is 1.39. The number of benzene rings is 2. The summed E-state index contributed by atoms with van der Waals surface area (Å²) in [6.07, 6.45) is 0. The molecule has 0 amide bonds. The molecule has 0 aromatic heterocycles. The van der Waals surface area contributed by atoms with Gasteiger partial charge in [-0.3, -0.25) is 4.72 Å². The Labute approximate surface area is 126 Å².